The Morgan fingerprint density at radius 1 is 1.50 bits per heavy atom. The number of benzene rings is 1. The van der Waals surface area contributed by atoms with Gasteiger partial charge in [0.15, 0.2) is 0 Å². The van der Waals surface area contributed by atoms with E-state index >= 15 is 0 Å². The minimum Gasteiger partial charge on any atom is -0.466 e. The van der Waals surface area contributed by atoms with Crippen LogP contribution in [0.25, 0.3) is 6.08 Å². The molecule has 0 bridgehead atoms. The highest BCUT2D eigenvalue weighted by atomic mass is 16.5. The van der Waals surface area contributed by atoms with Crippen LogP contribution in [0.15, 0.2) is 24.3 Å². The van der Waals surface area contributed by atoms with Crippen LogP contribution in [0, 0.1) is 0 Å². The van der Waals surface area contributed by atoms with E-state index in [2.05, 4.69) is 10.1 Å². The van der Waals surface area contributed by atoms with Gasteiger partial charge in [0.25, 0.3) is 0 Å². The van der Waals surface area contributed by atoms with Crippen molar-refractivity contribution in [3.63, 3.8) is 0 Å². The fraction of sp³-hybridized carbons (Fsp3) is 0.167. The fourth-order valence-corrected chi connectivity index (χ4v) is 1.64. The molecular weight excluding hydrogens is 206 g/mol. The molecule has 0 aromatic heterocycles. The maximum absolute atomic E-state index is 11.2. The normalized spacial score (nSPS) is 13.7. The molecule has 1 heterocycles. The van der Waals surface area contributed by atoms with Gasteiger partial charge in [-0.1, -0.05) is 18.2 Å². The lowest BCUT2D eigenvalue weighted by Gasteiger charge is -2.02. The summed E-state index contributed by atoms with van der Waals surface area (Å²) in [5.41, 5.74) is 2.55. The number of carbonyl (C=O) groups excluding carboxylic acids is 2. The van der Waals surface area contributed by atoms with Crippen LogP contribution in [-0.4, -0.2) is 19.0 Å². The van der Waals surface area contributed by atoms with E-state index in [0.717, 1.165) is 16.8 Å². The minimum absolute atomic E-state index is 0.0195. The number of anilines is 1. The number of fused-ring (bicyclic) bond motifs is 1. The molecule has 0 unspecified atom stereocenters. The Morgan fingerprint density at radius 2 is 2.31 bits per heavy atom. The molecule has 0 spiro atoms. The van der Waals surface area contributed by atoms with Crippen molar-refractivity contribution >= 4 is 23.6 Å². The van der Waals surface area contributed by atoms with Gasteiger partial charge in [0.05, 0.1) is 19.2 Å². The van der Waals surface area contributed by atoms with Gasteiger partial charge >= 0.3 is 5.97 Å². The Labute approximate surface area is 92.9 Å². The molecule has 1 aromatic rings. The molecule has 1 aliphatic heterocycles. The maximum Gasteiger partial charge on any atom is 0.330 e. The van der Waals surface area contributed by atoms with E-state index in [4.69, 9.17) is 0 Å². The van der Waals surface area contributed by atoms with Gasteiger partial charge < -0.3 is 10.1 Å². The van der Waals surface area contributed by atoms with Crippen LogP contribution >= 0.6 is 0 Å². The van der Waals surface area contributed by atoms with E-state index in [1.165, 1.54) is 13.2 Å². The monoisotopic (exact) mass is 217 g/mol. The summed E-state index contributed by atoms with van der Waals surface area (Å²) >= 11 is 0. The lowest BCUT2D eigenvalue weighted by Crippen LogP contribution is -2.04. The first-order valence-electron chi connectivity index (χ1n) is 4.88. The van der Waals surface area contributed by atoms with Gasteiger partial charge in [-0.25, -0.2) is 4.79 Å². The first-order chi connectivity index (χ1) is 7.70. The largest absolute Gasteiger partial charge is 0.466 e. The van der Waals surface area contributed by atoms with Gasteiger partial charge in [0.2, 0.25) is 5.91 Å². The third-order valence-electron chi connectivity index (χ3n) is 2.40. The molecule has 0 radical (unpaired) electrons. The van der Waals surface area contributed by atoms with Crippen LogP contribution in [0.3, 0.4) is 0 Å². The number of rotatable bonds is 2. The van der Waals surface area contributed by atoms with Gasteiger partial charge in [0, 0.05) is 6.08 Å². The zero-order valence-electron chi connectivity index (χ0n) is 8.82. The topological polar surface area (TPSA) is 55.4 Å². The van der Waals surface area contributed by atoms with Crippen molar-refractivity contribution in [1.29, 1.82) is 0 Å². The average molecular weight is 217 g/mol. The summed E-state index contributed by atoms with van der Waals surface area (Å²) in [6.45, 7) is 0. The molecule has 1 N–H and O–H groups in total. The number of hydrogen-bond donors (Lipinski definition) is 1. The molecule has 1 amide bonds. The standard InChI is InChI=1S/C12H11NO3/c1-16-11(15)6-5-8-3-2-4-9-7-10(14)13-12(8)9/h2-6H,7H2,1H3,(H,13,14). The second-order valence-corrected chi connectivity index (χ2v) is 3.46. The molecule has 1 aliphatic rings. The van der Waals surface area contributed by atoms with Crippen LogP contribution in [0.1, 0.15) is 11.1 Å². The van der Waals surface area contributed by atoms with E-state index in [1.54, 1.807) is 6.08 Å². The van der Waals surface area contributed by atoms with Crippen LogP contribution in [0.4, 0.5) is 5.69 Å². The van der Waals surface area contributed by atoms with E-state index in [0.29, 0.717) is 6.42 Å². The van der Waals surface area contributed by atoms with Gasteiger partial charge in [-0.3, -0.25) is 4.79 Å². The summed E-state index contributed by atoms with van der Waals surface area (Å²) in [6, 6.07) is 5.59. The predicted molar refractivity (Wildman–Crippen MR) is 59.8 cm³/mol. The van der Waals surface area contributed by atoms with Crippen molar-refractivity contribution in [2.45, 2.75) is 6.42 Å². The molecule has 1 aromatic carbocycles. The number of esters is 1. The number of amides is 1. The SMILES string of the molecule is COC(=O)C=Cc1cccc2c1NC(=O)C2. The second-order valence-electron chi connectivity index (χ2n) is 3.46. The van der Waals surface area contributed by atoms with Gasteiger partial charge in [-0.15, -0.1) is 0 Å². The maximum atomic E-state index is 11.2. The fourth-order valence-electron chi connectivity index (χ4n) is 1.64. The summed E-state index contributed by atoms with van der Waals surface area (Å²) in [7, 11) is 1.32. The first-order valence-corrected chi connectivity index (χ1v) is 4.88. The predicted octanol–water partition coefficient (Wildman–Crippen LogP) is 1.37. The van der Waals surface area contributed by atoms with Crippen molar-refractivity contribution in [2.24, 2.45) is 0 Å². The summed E-state index contributed by atoms with van der Waals surface area (Å²) in [5.74, 6) is -0.434. The van der Waals surface area contributed by atoms with E-state index < -0.39 is 5.97 Å². The molecule has 2 rings (SSSR count). The summed E-state index contributed by atoms with van der Waals surface area (Å²) in [4.78, 5) is 22.2. The quantitative estimate of drug-likeness (QED) is 0.601. The van der Waals surface area contributed by atoms with E-state index in [-0.39, 0.29) is 5.91 Å². The molecule has 4 heteroatoms. The first kappa shape index (κ1) is 10.4. The van der Waals surface area contributed by atoms with E-state index in [9.17, 15) is 9.59 Å². The number of carbonyl (C=O) groups is 2. The van der Waals surface area contributed by atoms with Crippen molar-refractivity contribution in [3.05, 3.63) is 35.4 Å². The Morgan fingerprint density at radius 3 is 3.06 bits per heavy atom. The highest BCUT2D eigenvalue weighted by Gasteiger charge is 2.18. The number of nitrogens with one attached hydrogen (secondary N) is 1. The summed E-state index contributed by atoms with van der Waals surface area (Å²) in [5, 5.41) is 2.77. The van der Waals surface area contributed by atoms with Crippen molar-refractivity contribution in [1.82, 2.24) is 0 Å². The molecule has 82 valence electrons. The molecule has 16 heavy (non-hydrogen) atoms. The Hall–Kier alpha value is -2.10. The Kier molecular flexibility index (Phi) is 2.72. The summed E-state index contributed by atoms with van der Waals surface area (Å²) < 4.78 is 4.50. The molecular formula is C12H11NO3. The third kappa shape index (κ3) is 1.95. The van der Waals surface area contributed by atoms with Crippen molar-refractivity contribution in [2.75, 3.05) is 12.4 Å². The van der Waals surface area contributed by atoms with Gasteiger partial charge in [-0.05, 0) is 17.2 Å². The lowest BCUT2D eigenvalue weighted by atomic mass is 10.1. The van der Waals surface area contributed by atoms with Crippen molar-refractivity contribution < 1.29 is 14.3 Å². The van der Waals surface area contributed by atoms with Crippen LogP contribution < -0.4 is 5.32 Å². The average Bonchev–Trinajstić information content (AvgIpc) is 2.66. The number of hydrogen-bond acceptors (Lipinski definition) is 3. The Bertz CT molecular complexity index is 477. The van der Waals surface area contributed by atoms with Crippen LogP contribution in [-0.2, 0) is 20.7 Å². The lowest BCUT2D eigenvalue weighted by molar-refractivity contribution is -0.134. The number of ether oxygens (including phenoxy) is 1. The molecule has 0 saturated carbocycles. The van der Waals surface area contributed by atoms with Gasteiger partial charge in [0.1, 0.15) is 0 Å². The highest BCUT2D eigenvalue weighted by molar-refractivity contribution is 6.02. The van der Waals surface area contributed by atoms with Crippen molar-refractivity contribution in [3.8, 4) is 0 Å². The van der Waals surface area contributed by atoms with Crippen LogP contribution in [0.2, 0.25) is 0 Å². The van der Waals surface area contributed by atoms with Crippen LogP contribution in [0.5, 0.6) is 0 Å². The van der Waals surface area contributed by atoms with E-state index in [1.807, 2.05) is 18.2 Å². The zero-order chi connectivity index (χ0) is 11.5. The van der Waals surface area contributed by atoms with Gasteiger partial charge in [-0.2, -0.15) is 0 Å². The highest BCUT2D eigenvalue weighted by Crippen LogP contribution is 2.27. The third-order valence-corrected chi connectivity index (χ3v) is 2.40. The zero-order valence-corrected chi connectivity index (χ0v) is 8.82. The Balaban J connectivity index is 2.30. The smallest absolute Gasteiger partial charge is 0.330 e. The number of methoxy groups -OCH3 is 1. The molecule has 0 atom stereocenters. The molecule has 0 fully saturated rings. The molecule has 4 nitrogen and oxygen atoms in total. The molecule has 0 saturated heterocycles. The molecule has 0 aliphatic carbocycles. The second kappa shape index (κ2) is 4.18. The number of para-hydroxylation sites is 1. The summed E-state index contributed by atoms with van der Waals surface area (Å²) in [6.07, 6.45) is 3.37. The minimum atomic E-state index is -0.415.